The number of carbonyl (C=O) groups is 1. The zero-order valence-corrected chi connectivity index (χ0v) is 14.2. The lowest BCUT2D eigenvalue weighted by atomic mass is 10.2. The molecule has 3 rings (SSSR count). The summed E-state index contributed by atoms with van der Waals surface area (Å²) in [6.45, 7) is -2.92. The van der Waals surface area contributed by atoms with E-state index in [4.69, 9.17) is 0 Å². The van der Waals surface area contributed by atoms with Crippen LogP contribution in [0.3, 0.4) is 0 Å². The summed E-state index contributed by atoms with van der Waals surface area (Å²) in [4.78, 5) is 20.6. The number of benzene rings is 1. The lowest BCUT2D eigenvalue weighted by molar-refractivity contribution is -0.115. The molecule has 134 valence electrons. The van der Waals surface area contributed by atoms with E-state index < -0.39 is 6.61 Å². The van der Waals surface area contributed by atoms with Crippen molar-refractivity contribution in [3.8, 4) is 5.75 Å². The predicted octanol–water partition coefficient (Wildman–Crippen LogP) is 4.06. The van der Waals surface area contributed by atoms with Crippen molar-refractivity contribution in [2.24, 2.45) is 0 Å². The van der Waals surface area contributed by atoms with Crippen molar-refractivity contribution in [3.05, 3.63) is 59.7 Å². The van der Waals surface area contributed by atoms with Gasteiger partial charge in [-0.2, -0.15) is 8.78 Å². The van der Waals surface area contributed by atoms with Crippen LogP contribution in [-0.4, -0.2) is 22.5 Å². The molecule has 2 N–H and O–H groups in total. The van der Waals surface area contributed by atoms with Gasteiger partial charge in [0.2, 0.25) is 5.91 Å². The average molecular weight is 376 g/mol. The van der Waals surface area contributed by atoms with Crippen molar-refractivity contribution in [1.29, 1.82) is 0 Å². The van der Waals surface area contributed by atoms with E-state index in [9.17, 15) is 13.6 Å². The first kappa shape index (κ1) is 17.7. The summed E-state index contributed by atoms with van der Waals surface area (Å²) in [6, 6.07) is 11.3. The van der Waals surface area contributed by atoms with Crippen LogP contribution < -0.4 is 15.4 Å². The summed E-state index contributed by atoms with van der Waals surface area (Å²) < 4.78 is 28.8. The van der Waals surface area contributed by atoms with Crippen molar-refractivity contribution in [2.75, 3.05) is 10.6 Å². The molecule has 26 heavy (non-hydrogen) atoms. The van der Waals surface area contributed by atoms with Gasteiger partial charge in [0.1, 0.15) is 11.6 Å². The van der Waals surface area contributed by atoms with E-state index in [1.165, 1.54) is 29.5 Å². The number of halogens is 2. The van der Waals surface area contributed by atoms with E-state index in [1.807, 2.05) is 18.2 Å². The molecule has 0 atom stereocenters. The number of pyridine rings is 1. The molecule has 0 saturated carbocycles. The summed E-state index contributed by atoms with van der Waals surface area (Å²) in [5.74, 6) is 0.330. The van der Waals surface area contributed by atoms with Gasteiger partial charge in [0.25, 0.3) is 0 Å². The van der Waals surface area contributed by atoms with E-state index in [-0.39, 0.29) is 18.1 Å². The summed E-state index contributed by atoms with van der Waals surface area (Å²) in [6.07, 6.45) is 1.72. The van der Waals surface area contributed by atoms with Gasteiger partial charge in [-0.25, -0.2) is 9.97 Å². The molecule has 2 heterocycles. The topological polar surface area (TPSA) is 76.1 Å². The Hall–Kier alpha value is -3.07. The second kappa shape index (κ2) is 8.34. The third kappa shape index (κ3) is 5.21. The molecule has 0 fully saturated rings. The monoisotopic (exact) mass is 376 g/mol. The van der Waals surface area contributed by atoms with Crippen LogP contribution in [0.2, 0.25) is 0 Å². The van der Waals surface area contributed by atoms with Crippen molar-refractivity contribution in [2.45, 2.75) is 13.0 Å². The van der Waals surface area contributed by atoms with Crippen LogP contribution in [0.1, 0.15) is 5.69 Å². The number of anilines is 3. The summed E-state index contributed by atoms with van der Waals surface area (Å²) in [7, 11) is 0. The fourth-order valence-corrected chi connectivity index (χ4v) is 2.83. The van der Waals surface area contributed by atoms with Gasteiger partial charge in [-0.1, -0.05) is 12.1 Å². The Morgan fingerprint density at radius 1 is 1.23 bits per heavy atom. The van der Waals surface area contributed by atoms with Crippen LogP contribution in [-0.2, 0) is 11.2 Å². The number of thiazole rings is 1. The fourth-order valence-electron chi connectivity index (χ4n) is 2.11. The van der Waals surface area contributed by atoms with Gasteiger partial charge in [0.05, 0.1) is 12.1 Å². The Morgan fingerprint density at radius 3 is 2.88 bits per heavy atom. The Morgan fingerprint density at radius 2 is 2.12 bits per heavy atom. The maximum atomic E-state index is 12.2. The third-order valence-corrected chi connectivity index (χ3v) is 3.94. The van der Waals surface area contributed by atoms with E-state index >= 15 is 0 Å². The van der Waals surface area contributed by atoms with Crippen LogP contribution in [0.25, 0.3) is 0 Å². The molecule has 3 aromatic rings. The SMILES string of the molecule is O=C(Cc1csc(Nc2ccccn2)n1)Nc1cccc(OC(F)F)c1. The Kier molecular flexibility index (Phi) is 5.69. The van der Waals surface area contributed by atoms with E-state index in [0.717, 1.165) is 0 Å². The van der Waals surface area contributed by atoms with Gasteiger partial charge in [-0.3, -0.25) is 4.79 Å². The molecule has 0 aliphatic carbocycles. The van der Waals surface area contributed by atoms with Gasteiger partial charge in [0, 0.05) is 23.3 Å². The second-order valence-electron chi connectivity index (χ2n) is 5.12. The minimum atomic E-state index is -2.92. The van der Waals surface area contributed by atoms with Crippen molar-refractivity contribution >= 4 is 33.9 Å². The standard InChI is InChI=1S/C17H14F2N4O2S/c18-16(19)25-13-5-3-4-11(8-13)21-15(24)9-12-10-26-17(22-12)23-14-6-1-2-7-20-14/h1-8,10,16H,9H2,(H,21,24)(H,20,22,23). The lowest BCUT2D eigenvalue weighted by Crippen LogP contribution is -2.14. The van der Waals surface area contributed by atoms with Gasteiger partial charge in [-0.05, 0) is 24.3 Å². The fraction of sp³-hybridized carbons (Fsp3) is 0.118. The predicted molar refractivity (Wildman–Crippen MR) is 95.0 cm³/mol. The molecule has 0 saturated heterocycles. The molecule has 0 bridgehead atoms. The van der Waals surface area contributed by atoms with E-state index in [2.05, 4.69) is 25.3 Å². The second-order valence-corrected chi connectivity index (χ2v) is 5.97. The Labute approximate surface area is 151 Å². The zero-order chi connectivity index (χ0) is 18.4. The van der Waals surface area contributed by atoms with Crippen LogP contribution in [0.15, 0.2) is 54.0 Å². The molecule has 6 nitrogen and oxygen atoms in total. The van der Waals surface area contributed by atoms with Crippen molar-refractivity contribution in [1.82, 2.24) is 9.97 Å². The van der Waals surface area contributed by atoms with Gasteiger partial charge < -0.3 is 15.4 Å². The highest BCUT2D eigenvalue weighted by Crippen LogP contribution is 2.21. The Balaban J connectivity index is 1.57. The van der Waals surface area contributed by atoms with Gasteiger partial charge in [-0.15, -0.1) is 11.3 Å². The molecule has 0 aliphatic heterocycles. The maximum Gasteiger partial charge on any atom is 0.387 e. The molecular formula is C17H14F2N4O2S. The van der Waals surface area contributed by atoms with Crippen LogP contribution in [0.5, 0.6) is 5.75 Å². The molecule has 1 amide bonds. The number of nitrogens with zero attached hydrogens (tertiary/aromatic N) is 2. The van der Waals surface area contributed by atoms with Crippen LogP contribution in [0.4, 0.5) is 25.4 Å². The number of nitrogens with one attached hydrogen (secondary N) is 2. The minimum absolute atomic E-state index is 0.0201. The first-order chi connectivity index (χ1) is 12.6. The number of rotatable bonds is 7. The number of ether oxygens (including phenoxy) is 1. The first-order valence-corrected chi connectivity index (χ1v) is 8.43. The number of amides is 1. The average Bonchev–Trinajstić information content (AvgIpc) is 3.02. The molecule has 0 unspecified atom stereocenters. The first-order valence-electron chi connectivity index (χ1n) is 7.56. The van der Waals surface area contributed by atoms with Gasteiger partial charge >= 0.3 is 6.61 Å². The number of carbonyl (C=O) groups excluding carboxylic acids is 1. The van der Waals surface area contributed by atoms with E-state index in [0.29, 0.717) is 22.3 Å². The molecule has 0 spiro atoms. The smallest absolute Gasteiger partial charge is 0.387 e. The maximum absolute atomic E-state index is 12.2. The molecule has 1 aromatic carbocycles. The lowest BCUT2D eigenvalue weighted by Gasteiger charge is -2.08. The highest BCUT2D eigenvalue weighted by molar-refractivity contribution is 7.13. The minimum Gasteiger partial charge on any atom is -0.435 e. The molecule has 2 aromatic heterocycles. The summed E-state index contributed by atoms with van der Waals surface area (Å²) in [5.41, 5.74) is 0.959. The van der Waals surface area contributed by atoms with Crippen molar-refractivity contribution in [3.63, 3.8) is 0 Å². The molecular weight excluding hydrogens is 362 g/mol. The zero-order valence-electron chi connectivity index (χ0n) is 13.4. The molecule has 0 radical (unpaired) electrons. The number of alkyl halides is 2. The van der Waals surface area contributed by atoms with Crippen LogP contribution in [0, 0.1) is 0 Å². The summed E-state index contributed by atoms with van der Waals surface area (Å²) >= 11 is 1.36. The largest absolute Gasteiger partial charge is 0.435 e. The summed E-state index contributed by atoms with van der Waals surface area (Å²) in [5, 5.41) is 8.07. The highest BCUT2D eigenvalue weighted by Gasteiger charge is 2.10. The number of aromatic nitrogens is 2. The normalized spacial score (nSPS) is 10.6. The van der Waals surface area contributed by atoms with Crippen LogP contribution >= 0.6 is 11.3 Å². The number of hydrogen-bond donors (Lipinski definition) is 2. The van der Waals surface area contributed by atoms with Crippen molar-refractivity contribution < 1.29 is 18.3 Å². The van der Waals surface area contributed by atoms with Gasteiger partial charge in [0.15, 0.2) is 5.13 Å². The Bertz CT molecular complexity index is 874. The molecule has 0 aliphatic rings. The van der Waals surface area contributed by atoms with E-state index in [1.54, 1.807) is 17.6 Å². The quantitative estimate of drug-likeness (QED) is 0.650. The number of hydrogen-bond acceptors (Lipinski definition) is 6. The molecule has 9 heteroatoms. The highest BCUT2D eigenvalue weighted by atomic mass is 32.1. The third-order valence-electron chi connectivity index (χ3n) is 3.14.